The van der Waals surface area contributed by atoms with Crippen molar-refractivity contribution in [3.8, 4) is 0 Å². The quantitative estimate of drug-likeness (QED) is 0.723. The molecule has 0 saturated carbocycles. The van der Waals surface area contributed by atoms with Crippen LogP contribution in [0.25, 0.3) is 0 Å². The summed E-state index contributed by atoms with van der Waals surface area (Å²) in [5.74, 6) is -0.188. The van der Waals surface area contributed by atoms with Crippen LogP contribution in [-0.4, -0.2) is 13.1 Å². The zero-order valence-electron chi connectivity index (χ0n) is 8.93. The van der Waals surface area contributed by atoms with Gasteiger partial charge in [0.25, 0.3) is 0 Å². The van der Waals surface area contributed by atoms with Gasteiger partial charge < -0.3 is 4.74 Å². The van der Waals surface area contributed by atoms with Crippen LogP contribution < -0.4 is 0 Å². The van der Waals surface area contributed by atoms with Gasteiger partial charge in [0.2, 0.25) is 0 Å². The normalized spacial score (nSPS) is 19.1. The maximum atomic E-state index is 11.4. The Morgan fingerprint density at radius 3 is 2.56 bits per heavy atom. The van der Waals surface area contributed by atoms with Crippen molar-refractivity contribution in [1.82, 2.24) is 0 Å². The van der Waals surface area contributed by atoms with Crippen LogP contribution in [0.2, 0.25) is 10.0 Å². The van der Waals surface area contributed by atoms with E-state index in [-0.39, 0.29) is 11.9 Å². The van der Waals surface area contributed by atoms with E-state index in [0.29, 0.717) is 16.5 Å². The molecule has 1 aromatic carbocycles. The first-order valence-electron chi connectivity index (χ1n) is 5.16. The second kappa shape index (κ2) is 4.64. The summed E-state index contributed by atoms with van der Waals surface area (Å²) in [5.41, 5.74) is 2.30. The molecular weight excluding hydrogens is 247 g/mol. The Kier molecular flexibility index (Phi) is 3.41. The molecule has 0 heterocycles. The van der Waals surface area contributed by atoms with Gasteiger partial charge in [0, 0.05) is 0 Å². The molecule has 0 fully saturated rings. The van der Waals surface area contributed by atoms with E-state index < -0.39 is 0 Å². The highest BCUT2D eigenvalue weighted by Crippen LogP contribution is 2.32. The van der Waals surface area contributed by atoms with Gasteiger partial charge in [-0.1, -0.05) is 23.2 Å². The summed E-state index contributed by atoms with van der Waals surface area (Å²) in [6.45, 7) is 0. The van der Waals surface area contributed by atoms with Gasteiger partial charge in [-0.3, -0.25) is 4.79 Å². The van der Waals surface area contributed by atoms with Gasteiger partial charge in [0.1, 0.15) is 0 Å². The van der Waals surface area contributed by atoms with Gasteiger partial charge in [-0.2, -0.15) is 0 Å². The van der Waals surface area contributed by atoms with Crippen molar-refractivity contribution in [2.75, 3.05) is 7.11 Å². The number of carbonyl (C=O) groups excluding carboxylic acids is 1. The Balaban J connectivity index is 2.27. The lowest BCUT2D eigenvalue weighted by Crippen LogP contribution is -2.23. The molecule has 1 atom stereocenters. The number of methoxy groups -OCH3 is 1. The molecule has 16 heavy (non-hydrogen) atoms. The summed E-state index contributed by atoms with van der Waals surface area (Å²) in [4.78, 5) is 11.4. The zero-order valence-corrected chi connectivity index (χ0v) is 10.4. The molecular formula is C12H12Cl2O2. The minimum absolute atomic E-state index is 0.0465. The molecule has 1 aliphatic rings. The molecule has 0 radical (unpaired) electrons. The maximum absolute atomic E-state index is 11.4. The topological polar surface area (TPSA) is 26.3 Å². The molecule has 0 saturated heterocycles. The molecule has 0 bridgehead atoms. The molecule has 2 nitrogen and oxygen atoms in total. The first kappa shape index (κ1) is 11.7. The summed E-state index contributed by atoms with van der Waals surface area (Å²) >= 11 is 11.9. The van der Waals surface area contributed by atoms with Gasteiger partial charge in [0.15, 0.2) is 0 Å². The molecule has 0 N–H and O–H groups in total. The van der Waals surface area contributed by atoms with Crippen LogP contribution in [0, 0.1) is 5.92 Å². The van der Waals surface area contributed by atoms with E-state index in [0.717, 1.165) is 18.4 Å². The predicted molar refractivity (Wildman–Crippen MR) is 64.0 cm³/mol. The third-order valence-electron chi connectivity index (χ3n) is 3.01. The molecule has 4 heteroatoms. The molecule has 0 aromatic heterocycles. The summed E-state index contributed by atoms with van der Waals surface area (Å²) in [6.07, 6.45) is 2.36. The summed E-state index contributed by atoms with van der Waals surface area (Å²) in [5, 5.41) is 1.13. The number of rotatable bonds is 1. The van der Waals surface area contributed by atoms with E-state index in [4.69, 9.17) is 27.9 Å². The summed E-state index contributed by atoms with van der Waals surface area (Å²) in [7, 11) is 1.42. The predicted octanol–water partition coefficient (Wildman–Crippen LogP) is 3.27. The van der Waals surface area contributed by atoms with Gasteiger partial charge in [-0.05, 0) is 42.5 Å². The van der Waals surface area contributed by atoms with Crippen molar-refractivity contribution in [3.05, 3.63) is 33.3 Å². The molecule has 0 aliphatic heterocycles. The third kappa shape index (κ3) is 2.18. The lowest BCUT2D eigenvalue weighted by atomic mass is 9.84. The first-order valence-corrected chi connectivity index (χ1v) is 5.92. The Labute approximate surface area is 104 Å². The number of hydrogen-bond donors (Lipinski definition) is 0. The summed E-state index contributed by atoms with van der Waals surface area (Å²) < 4.78 is 4.76. The van der Waals surface area contributed by atoms with Crippen molar-refractivity contribution >= 4 is 29.2 Å². The van der Waals surface area contributed by atoms with Gasteiger partial charge in [0.05, 0.1) is 23.1 Å². The van der Waals surface area contributed by atoms with E-state index >= 15 is 0 Å². The molecule has 0 spiro atoms. The van der Waals surface area contributed by atoms with Crippen LogP contribution in [0.4, 0.5) is 0 Å². The zero-order chi connectivity index (χ0) is 11.7. The molecule has 1 unspecified atom stereocenters. The van der Waals surface area contributed by atoms with E-state index in [1.54, 1.807) is 0 Å². The Morgan fingerprint density at radius 2 is 1.94 bits per heavy atom. The number of carbonyl (C=O) groups is 1. The van der Waals surface area contributed by atoms with Crippen LogP contribution in [0.3, 0.4) is 0 Å². The largest absolute Gasteiger partial charge is 0.469 e. The minimum atomic E-state index is -0.142. The molecule has 1 aliphatic carbocycles. The highest BCUT2D eigenvalue weighted by Gasteiger charge is 2.25. The van der Waals surface area contributed by atoms with Gasteiger partial charge >= 0.3 is 5.97 Å². The Morgan fingerprint density at radius 1 is 1.31 bits per heavy atom. The third-order valence-corrected chi connectivity index (χ3v) is 3.73. The number of ether oxygens (including phenoxy) is 1. The van der Waals surface area contributed by atoms with E-state index in [2.05, 4.69) is 0 Å². The molecule has 0 amide bonds. The molecule has 2 rings (SSSR count). The van der Waals surface area contributed by atoms with Crippen LogP contribution in [0.5, 0.6) is 0 Å². The number of aryl methyl sites for hydroxylation is 1. The second-order valence-electron chi connectivity index (χ2n) is 4.00. The summed E-state index contributed by atoms with van der Waals surface area (Å²) in [6, 6.07) is 3.75. The number of hydrogen-bond acceptors (Lipinski definition) is 2. The SMILES string of the molecule is COC(=O)C1CCc2cc(Cl)c(Cl)cc2C1. The maximum Gasteiger partial charge on any atom is 0.309 e. The number of halogens is 2. The van der Waals surface area contributed by atoms with Crippen molar-refractivity contribution in [2.24, 2.45) is 5.92 Å². The monoisotopic (exact) mass is 258 g/mol. The smallest absolute Gasteiger partial charge is 0.309 e. The van der Waals surface area contributed by atoms with E-state index in [1.807, 2.05) is 12.1 Å². The van der Waals surface area contributed by atoms with E-state index in [1.165, 1.54) is 12.7 Å². The van der Waals surface area contributed by atoms with Crippen LogP contribution in [-0.2, 0) is 22.4 Å². The fourth-order valence-corrected chi connectivity index (χ4v) is 2.49. The van der Waals surface area contributed by atoms with Crippen LogP contribution in [0.1, 0.15) is 17.5 Å². The van der Waals surface area contributed by atoms with Crippen molar-refractivity contribution in [2.45, 2.75) is 19.3 Å². The van der Waals surface area contributed by atoms with Crippen molar-refractivity contribution in [3.63, 3.8) is 0 Å². The fraction of sp³-hybridized carbons (Fsp3) is 0.417. The number of benzene rings is 1. The Hall–Kier alpha value is -0.730. The van der Waals surface area contributed by atoms with Crippen molar-refractivity contribution in [1.29, 1.82) is 0 Å². The fourth-order valence-electron chi connectivity index (χ4n) is 2.12. The van der Waals surface area contributed by atoms with Crippen LogP contribution in [0.15, 0.2) is 12.1 Å². The number of esters is 1. The lowest BCUT2D eigenvalue weighted by Gasteiger charge is -2.23. The highest BCUT2D eigenvalue weighted by atomic mass is 35.5. The average molecular weight is 259 g/mol. The van der Waals surface area contributed by atoms with Gasteiger partial charge in [-0.15, -0.1) is 0 Å². The average Bonchev–Trinajstić information content (AvgIpc) is 2.29. The highest BCUT2D eigenvalue weighted by molar-refractivity contribution is 6.42. The van der Waals surface area contributed by atoms with Gasteiger partial charge in [-0.25, -0.2) is 0 Å². The minimum Gasteiger partial charge on any atom is -0.469 e. The Bertz CT molecular complexity index is 429. The van der Waals surface area contributed by atoms with E-state index in [9.17, 15) is 4.79 Å². The standard InChI is InChI=1S/C12H12Cl2O2/c1-16-12(15)8-3-2-7-5-10(13)11(14)6-9(7)4-8/h5-6,8H,2-4H2,1H3. The number of fused-ring (bicyclic) bond motifs is 1. The van der Waals surface area contributed by atoms with Crippen LogP contribution >= 0.6 is 23.2 Å². The lowest BCUT2D eigenvalue weighted by molar-refractivity contribution is -0.145. The molecule has 86 valence electrons. The molecule has 1 aromatic rings. The van der Waals surface area contributed by atoms with Crippen molar-refractivity contribution < 1.29 is 9.53 Å². The first-order chi connectivity index (χ1) is 7.61. The second-order valence-corrected chi connectivity index (χ2v) is 4.81.